The van der Waals surface area contributed by atoms with Crippen LogP contribution in [-0.2, 0) is 0 Å². The van der Waals surface area contributed by atoms with E-state index in [1.807, 2.05) is 0 Å². The van der Waals surface area contributed by atoms with E-state index in [0.717, 1.165) is 8.37 Å². The van der Waals surface area contributed by atoms with Crippen molar-refractivity contribution < 1.29 is 0 Å². The highest BCUT2D eigenvalue weighted by Crippen LogP contribution is 2.31. The second-order valence-corrected chi connectivity index (χ2v) is 1.35. The Labute approximate surface area is 26.2 Å². The first-order valence-electron chi connectivity index (χ1n) is 0.897. The van der Waals surface area contributed by atoms with Crippen LogP contribution in [0.4, 0.5) is 0 Å². The zero-order valence-corrected chi connectivity index (χ0v) is 2.79. The van der Waals surface area contributed by atoms with Gasteiger partial charge in [-0.3, -0.25) is 0 Å². The summed E-state index contributed by atoms with van der Waals surface area (Å²) in [4.78, 5) is 0. The van der Waals surface area contributed by atoms with Crippen LogP contribution in [0.3, 0.4) is 0 Å². The first-order valence-corrected chi connectivity index (χ1v) is 1.74. The molecule has 18 valence electrons. The van der Waals surface area contributed by atoms with Crippen molar-refractivity contribution >= 4 is 8.37 Å². The number of nitrogens with zero attached hydrogens (tertiary/aromatic N) is 1. The van der Waals surface area contributed by atoms with E-state index >= 15 is 0 Å². The van der Waals surface area contributed by atoms with Gasteiger partial charge in [0.2, 0.25) is 0 Å². The second kappa shape index (κ2) is 0.410. The third-order valence-electron chi connectivity index (χ3n) is 0.200. The maximum Gasteiger partial charge on any atom is 0.122 e. The molecule has 0 spiro atoms. The summed E-state index contributed by atoms with van der Waals surface area (Å²) in [6, 6.07) is 0. The predicted molar refractivity (Wildman–Crippen MR) is 16.1 cm³/mol. The smallest absolute Gasteiger partial charge is 0.122 e. The van der Waals surface area contributed by atoms with Crippen LogP contribution in [0.2, 0.25) is 0 Å². The molecule has 0 amide bonds. The van der Waals surface area contributed by atoms with E-state index in [4.69, 9.17) is 6.58 Å². The van der Waals surface area contributed by atoms with E-state index in [1.165, 1.54) is 0 Å². The molecule has 4 heavy (non-hydrogen) atoms. The minimum absolute atomic E-state index is 0.514. The molecule has 0 bridgehead atoms. The summed E-state index contributed by atoms with van der Waals surface area (Å²) in [7, 11) is 0.873. The Morgan fingerprint density at radius 3 is 2.25 bits per heavy atom. The van der Waals surface area contributed by atoms with Crippen LogP contribution >= 0.6 is 8.37 Å². The molecule has 0 N–H and O–H groups in total. The Bertz CT molecular complexity index is 66.1. The molecule has 0 fully saturated rings. The van der Waals surface area contributed by atoms with Crippen LogP contribution in [0.1, 0.15) is 0 Å². The Balaban J connectivity index is 2.80. The molecule has 0 aromatic heterocycles. The minimum atomic E-state index is 0.514. The summed E-state index contributed by atoms with van der Waals surface area (Å²) in [5, 5.41) is 0. The second-order valence-electron chi connectivity index (χ2n) is 0.524. The predicted octanol–water partition coefficient (Wildman–Crippen LogP) is 1.28. The van der Waals surface area contributed by atoms with Crippen molar-refractivity contribution in [2.45, 2.75) is 0 Å². The van der Waals surface area contributed by atoms with Gasteiger partial charge in [-0.1, -0.05) is 0 Å². The highest BCUT2D eigenvalue weighted by molar-refractivity contribution is 7.39. The monoisotopic (exact) mass is 69.0 g/mol. The molecular weight excluding hydrogens is 69.0 g/mol. The highest BCUT2D eigenvalue weighted by atomic mass is 31.1. The molecule has 0 aromatic rings. The molecule has 1 aliphatic heterocycles. The quantitative estimate of drug-likeness (QED) is 0.380. The van der Waals surface area contributed by atoms with Crippen molar-refractivity contribution in [3.63, 3.8) is 0 Å². The van der Waals surface area contributed by atoms with Gasteiger partial charge in [-0.15, -0.1) is 0 Å². The fourth-order valence-corrected chi connectivity index (χ4v) is 0.0750. The standard InChI is InChI=1S/C2NP/c1-2-3-4-2. The summed E-state index contributed by atoms with van der Waals surface area (Å²) in [6.45, 7) is 6.43. The third-order valence-corrected chi connectivity index (χ3v) is 0.600. The van der Waals surface area contributed by atoms with Crippen molar-refractivity contribution in [3.05, 3.63) is 12.0 Å². The van der Waals surface area contributed by atoms with Crippen LogP contribution in [0.25, 0.3) is 0 Å². The van der Waals surface area contributed by atoms with Crippen molar-refractivity contribution in [1.82, 2.24) is 0 Å². The average molecular weight is 69.0 g/mol. The van der Waals surface area contributed by atoms with Crippen molar-refractivity contribution in [1.29, 1.82) is 0 Å². The van der Waals surface area contributed by atoms with Gasteiger partial charge in [0.15, 0.2) is 0 Å². The summed E-state index contributed by atoms with van der Waals surface area (Å²) in [5.41, 5.74) is 0.514. The first-order chi connectivity index (χ1) is 1.89. The molecule has 0 aromatic carbocycles. The SMILES string of the molecule is [C]=C1N=P1. The Hall–Kier alpha value is -0.160. The lowest BCUT2D eigenvalue weighted by molar-refractivity contribution is 1.74. The average Bonchev–Trinajstić information content (AvgIpc) is 1.75. The highest BCUT2D eigenvalue weighted by Gasteiger charge is 1.93. The normalized spacial score (nSPS) is 21.5. The number of rotatable bonds is 0. The lowest BCUT2D eigenvalue weighted by Crippen LogP contribution is -1.14. The molecule has 2 heteroatoms. The van der Waals surface area contributed by atoms with Crippen molar-refractivity contribution in [2.24, 2.45) is 4.74 Å². The number of hydrogen-bond acceptors (Lipinski definition) is 1. The van der Waals surface area contributed by atoms with Crippen LogP contribution < -0.4 is 0 Å². The van der Waals surface area contributed by atoms with E-state index in [-0.39, 0.29) is 0 Å². The van der Waals surface area contributed by atoms with Gasteiger partial charge in [0.1, 0.15) is 5.44 Å². The Morgan fingerprint density at radius 1 is 2.00 bits per heavy atom. The summed E-state index contributed by atoms with van der Waals surface area (Å²) < 4.78 is 3.46. The van der Waals surface area contributed by atoms with E-state index in [9.17, 15) is 0 Å². The van der Waals surface area contributed by atoms with Crippen molar-refractivity contribution in [2.75, 3.05) is 0 Å². The summed E-state index contributed by atoms with van der Waals surface area (Å²) in [5.74, 6) is 0. The van der Waals surface area contributed by atoms with Crippen molar-refractivity contribution in [3.8, 4) is 0 Å². The fraction of sp³-hybridized carbons (Fsp3) is 0. The summed E-state index contributed by atoms with van der Waals surface area (Å²) >= 11 is 0. The van der Waals surface area contributed by atoms with E-state index in [2.05, 4.69) is 4.74 Å². The fourth-order valence-electron chi connectivity index (χ4n) is 0.0250. The van der Waals surface area contributed by atoms with Crippen LogP contribution in [0, 0.1) is 6.58 Å². The molecule has 0 atom stereocenters. The van der Waals surface area contributed by atoms with Gasteiger partial charge >= 0.3 is 0 Å². The molecule has 0 aliphatic carbocycles. The molecular formula is C2NP. The van der Waals surface area contributed by atoms with E-state index in [0.29, 0.717) is 5.44 Å². The van der Waals surface area contributed by atoms with Gasteiger partial charge < -0.3 is 0 Å². The molecule has 0 saturated heterocycles. The van der Waals surface area contributed by atoms with Gasteiger partial charge in [-0.25, -0.2) is 4.74 Å². The van der Waals surface area contributed by atoms with Crippen LogP contribution in [0.15, 0.2) is 10.2 Å². The number of hydrogen-bond donors (Lipinski definition) is 0. The molecule has 1 aliphatic rings. The minimum Gasteiger partial charge on any atom is -0.218 e. The third kappa shape index (κ3) is 0.161. The van der Waals surface area contributed by atoms with Crippen LogP contribution in [-0.4, -0.2) is 0 Å². The Morgan fingerprint density at radius 2 is 2.25 bits per heavy atom. The van der Waals surface area contributed by atoms with Gasteiger partial charge in [-0.2, -0.15) is 0 Å². The Kier molecular flexibility index (Phi) is 0.216. The zero-order chi connectivity index (χ0) is 2.99. The van der Waals surface area contributed by atoms with Crippen LogP contribution in [0.5, 0.6) is 0 Å². The summed E-state index contributed by atoms with van der Waals surface area (Å²) in [6.07, 6.45) is 0. The molecule has 1 heterocycles. The zero-order valence-electron chi connectivity index (χ0n) is 1.89. The van der Waals surface area contributed by atoms with Gasteiger partial charge in [0, 0.05) is 6.58 Å². The lowest BCUT2D eigenvalue weighted by atomic mass is 11.1. The molecule has 0 saturated carbocycles. The lowest BCUT2D eigenvalue weighted by Gasteiger charge is -1.31. The molecule has 1 rings (SSSR count). The molecule has 2 radical (unpaired) electrons. The van der Waals surface area contributed by atoms with Gasteiger partial charge in [0.05, 0.1) is 8.37 Å². The largest absolute Gasteiger partial charge is 0.218 e. The topological polar surface area (TPSA) is 12.4 Å². The molecule has 1 nitrogen and oxygen atoms in total. The maximum absolute atomic E-state index is 6.43. The molecule has 0 unspecified atom stereocenters. The van der Waals surface area contributed by atoms with Gasteiger partial charge in [-0.05, 0) is 0 Å². The first kappa shape index (κ1) is 2.10. The van der Waals surface area contributed by atoms with E-state index < -0.39 is 0 Å². The van der Waals surface area contributed by atoms with Gasteiger partial charge in [0.25, 0.3) is 0 Å². The van der Waals surface area contributed by atoms with E-state index in [1.54, 1.807) is 0 Å². The maximum atomic E-state index is 6.43.